The molecule has 5 heavy (non-hydrogen) atoms. The second-order valence-electron chi connectivity index (χ2n) is 0. The zero-order valence-electron chi connectivity index (χ0n) is 3.25. The van der Waals surface area contributed by atoms with Crippen LogP contribution in [0.2, 0.25) is 0 Å². The third kappa shape index (κ3) is 99.5. The second kappa shape index (κ2) is 193. The first kappa shape index (κ1) is 17.7. The molecule has 0 aliphatic carbocycles. The van der Waals surface area contributed by atoms with E-state index in [0.29, 0.717) is 0 Å². The number of rotatable bonds is 0. The number of aliphatic hydroxyl groups excluding tert-OH is 2. The second-order valence-corrected chi connectivity index (χ2v) is 0. The first-order valence-corrected chi connectivity index (χ1v) is 0.894. The summed E-state index contributed by atoms with van der Waals surface area (Å²) in [6, 6.07) is 0. The summed E-state index contributed by atoms with van der Waals surface area (Å²) in [4.78, 5) is 0. The molecule has 0 radical (unpaired) electrons. The molecule has 0 aliphatic rings. The van der Waals surface area contributed by atoms with Gasteiger partial charge in [0.05, 0.1) is 0 Å². The Morgan fingerprint density at radius 1 is 0.800 bits per heavy atom. The first-order chi connectivity index (χ1) is 2.00. The van der Waals surface area contributed by atoms with Gasteiger partial charge in [-0.1, -0.05) is 0 Å². The van der Waals surface area contributed by atoms with Crippen molar-refractivity contribution < 1.29 is 29.7 Å². The maximum absolute atomic E-state index is 7.00. The van der Waals surface area contributed by atoms with E-state index >= 15 is 0 Å². The molecule has 0 spiro atoms. The van der Waals surface area contributed by atoms with Crippen molar-refractivity contribution in [3.63, 3.8) is 0 Å². The summed E-state index contributed by atoms with van der Waals surface area (Å²) in [5.41, 5.74) is 0. The van der Waals surface area contributed by atoms with Gasteiger partial charge in [-0.25, -0.2) is 0 Å². The molecular weight excluding hydrogens is 157 g/mol. The van der Waals surface area contributed by atoms with Crippen molar-refractivity contribution in [2.24, 2.45) is 0 Å². The Bertz CT molecular complexity index is 7.61. The largest absolute Gasteiger partial charge is 0.400 e. The predicted molar refractivity (Wildman–Crippen MR) is 16.3 cm³/mol. The van der Waals surface area contributed by atoms with Crippen LogP contribution in [-0.2, 0) is 19.5 Å². The number of hydrogen-bond acceptors (Lipinski definition) is 2. The van der Waals surface area contributed by atoms with E-state index in [-0.39, 0.29) is 19.5 Å². The Balaban J connectivity index is -0.0000000133. The van der Waals surface area contributed by atoms with Crippen molar-refractivity contribution in [1.82, 2.24) is 0 Å². The molecule has 3 heteroatoms. The molecular formula is C2H8O2Ru. The quantitative estimate of drug-likeness (QED) is 0.462. The predicted octanol–water partition coefficient (Wildman–Crippen LogP) is -0.786. The standard InChI is InChI=1S/2CH4O.Ru/c2*1-2;/h2*2H,1H3;. The van der Waals surface area contributed by atoms with E-state index in [0.717, 1.165) is 14.2 Å². The van der Waals surface area contributed by atoms with E-state index in [9.17, 15) is 0 Å². The molecule has 0 aromatic heterocycles. The molecule has 0 amide bonds. The van der Waals surface area contributed by atoms with Crippen molar-refractivity contribution in [2.75, 3.05) is 14.2 Å². The van der Waals surface area contributed by atoms with E-state index < -0.39 is 0 Å². The van der Waals surface area contributed by atoms with Crippen LogP contribution in [0, 0.1) is 0 Å². The van der Waals surface area contributed by atoms with Crippen molar-refractivity contribution in [2.45, 2.75) is 0 Å². The Kier molecular flexibility index (Phi) is 684. The fraction of sp³-hybridized carbons (Fsp3) is 1.00. The number of aliphatic hydroxyl groups is 2. The van der Waals surface area contributed by atoms with Crippen LogP contribution in [0.4, 0.5) is 0 Å². The topological polar surface area (TPSA) is 40.5 Å². The van der Waals surface area contributed by atoms with Gasteiger partial charge in [-0.3, -0.25) is 0 Å². The van der Waals surface area contributed by atoms with Gasteiger partial charge in [-0.05, 0) is 0 Å². The summed E-state index contributed by atoms with van der Waals surface area (Å²) < 4.78 is 0. The Morgan fingerprint density at radius 3 is 0.800 bits per heavy atom. The summed E-state index contributed by atoms with van der Waals surface area (Å²) in [6.07, 6.45) is 0. The molecule has 0 saturated carbocycles. The van der Waals surface area contributed by atoms with Gasteiger partial charge in [0.15, 0.2) is 0 Å². The minimum absolute atomic E-state index is 0. The van der Waals surface area contributed by atoms with Crippen molar-refractivity contribution in [3.8, 4) is 0 Å². The van der Waals surface area contributed by atoms with Gasteiger partial charge in [-0.2, -0.15) is 0 Å². The molecule has 0 bridgehead atoms. The molecule has 36 valence electrons. The average Bonchev–Trinajstić information content (AvgIpc) is 1.50. The molecule has 0 fully saturated rings. The zero-order chi connectivity index (χ0) is 4.00. The summed E-state index contributed by atoms with van der Waals surface area (Å²) in [5, 5.41) is 14.0. The molecule has 0 saturated heterocycles. The number of hydrogen-bond donors (Lipinski definition) is 2. The average molecular weight is 165 g/mol. The van der Waals surface area contributed by atoms with Crippen molar-refractivity contribution in [1.29, 1.82) is 0 Å². The molecule has 0 aromatic carbocycles. The minimum Gasteiger partial charge on any atom is -0.400 e. The Hall–Kier alpha value is 0.543. The van der Waals surface area contributed by atoms with E-state index in [1.165, 1.54) is 0 Å². The van der Waals surface area contributed by atoms with E-state index in [1.54, 1.807) is 0 Å². The van der Waals surface area contributed by atoms with Gasteiger partial charge in [0.25, 0.3) is 0 Å². The van der Waals surface area contributed by atoms with Crippen LogP contribution in [0.25, 0.3) is 0 Å². The van der Waals surface area contributed by atoms with Crippen LogP contribution in [0.5, 0.6) is 0 Å². The molecule has 0 rings (SSSR count). The molecule has 0 heterocycles. The maximum atomic E-state index is 7.00. The molecule has 0 aliphatic heterocycles. The SMILES string of the molecule is CO.CO.[Ru]. The van der Waals surface area contributed by atoms with Gasteiger partial charge in [-0.15, -0.1) is 0 Å². The summed E-state index contributed by atoms with van der Waals surface area (Å²) >= 11 is 0. The fourth-order valence-electron chi connectivity index (χ4n) is 0. The van der Waals surface area contributed by atoms with Crippen LogP contribution in [0.1, 0.15) is 0 Å². The molecule has 2 nitrogen and oxygen atoms in total. The third-order valence-corrected chi connectivity index (χ3v) is 0. The normalized spacial score (nSPS) is 2.40. The zero-order valence-corrected chi connectivity index (χ0v) is 4.99. The van der Waals surface area contributed by atoms with Crippen molar-refractivity contribution >= 4 is 0 Å². The Morgan fingerprint density at radius 2 is 0.800 bits per heavy atom. The van der Waals surface area contributed by atoms with Gasteiger partial charge in [0.1, 0.15) is 0 Å². The van der Waals surface area contributed by atoms with Crippen LogP contribution < -0.4 is 0 Å². The summed E-state index contributed by atoms with van der Waals surface area (Å²) in [5.74, 6) is 0. The van der Waals surface area contributed by atoms with Crippen molar-refractivity contribution in [3.05, 3.63) is 0 Å². The van der Waals surface area contributed by atoms with Gasteiger partial charge < -0.3 is 10.2 Å². The molecule has 0 aromatic rings. The summed E-state index contributed by atoms with van der Waals surface area (Å²) in [6.45, 7) is 0. The van der Waals surface area contributed by atoms with Gasteiger partial charge >= 0.3 is 0 Å². The van der Waals surface area contributed by atoms with Crippen LogP contribution >= 0.6 is 0 Å². The van der Waals surface area contributed by atoms with E-state index in [4.69, 9.17) is 10.2 Å². The van der Waals surface area contributed by atoms with Crippen LogP contribution in [-0.4, -0.2) is 24.4 Å². The van der Waals surface area contributed by atoms with E-state index in [2.05, 4.69) is 0 Å². The minimum atomic E-state index is 0. The smallest absolute Gasteiger partial charge is 0.0319 e. The first-order valence-electron chi connectivity index (χ1n) is 0.894. The third-order valence-electron chi connectivity index (χ3n) is 0. The fourth-order valence-corrected chi connectivity index (χ4v) is 0. The van der Waals surface area contributed by atoms with Gasteiger partial charge in [0, 0.05) is 33.7 Å². The van der Waals surface area contributed by atoms with Crippen LogP contribution in [0.3, 0.4) is 0 Å². The van der Waals surface area contributed by atoms with E-state index in [1.807, 2.05) is 0 Å². The van der Waals surface area contributed by atoms with Crippen LogP contribution in [0.15, 0.2) is 0 Å². The monoisotopic (exact) mass is 166 g/mol. The summed E-state index contributed by atoms with van der Waals surface area (Å²) in [7, 11) is 2.00. The Labute approximate surface area is 44.6 Å². The molecule has 0 unspecified atom stereocenters. The maximum Gasteiger partial charge on any atom is 0.0319 e. The molecule has 2 N–H and O–H groups in total. The molecule has 0 atom stereocenters. The van der Waals surface area contributed by atoms with Gasteiger partial charge in [0.2, 0.25) is 0 Å².